The molecule has 30 atom stereocenters. The fourth-order valence-electron chi connectivity index (χ4n) is 16.1. The largest absolute Gasteiger partial charge is 0.462 e. The monoisotopic (exact) mass is 1540 g/mol. The van der Waals surface area contributed by atoms with Crippen molar-refractivity contribution in [2.45, 2.75) is 307 Å². The zero-order valence-electron chi connectivity index (χ0n) is 68.7. The van der Waals surface area contributed by atoms with E-state index in [1.807, 2.05) is 106 Å². The molecule has 0 aromatic rings. The number of hydrogen-bond acceptors (Lipinski definition) is 24. The zero-order chi connectivity index (χ0) is 81.1. The summed E-state index contributed by atoms with van der Waals surface area (Å²) < 4.78 is 73.4. The molecule has 3 aliphatic heterocycles. The lowest BCUT2D eigenvalue weighted by Crippen LogP contribution is -2.42. The molecule has 0 radical (unpaired) electrons. The third-order valence-electron chi connectivity index (χ3n) is 23.1. The lowest BCUT2D eigenvalue weighted by Gasteiger charge is -2.36. The minimum absolute atomic E-state index is 0.0287. The van der Waals surface area contributed by atoms with Crippen LogP contribution in [0.4, 0.5) is 0 Å². The molecule has 4 bridgehead atoms. The van der Waals surface area contributed by atoms with Crippen molar-refractivity contribution < 1.29 is 116 Å². The molecule has 3 aliphatic rings. The molecular formula is C82H142N2O24. The minimum Gasteiger partial charge on any atom is -0.462 e. The fraction of sp³-hybridized carbons (Fsp3) is 0.829. The van der Waals surface area contributed by atoms with Crippen LogP contribution in [0.1, 0.15) is 185 Å². The van der Waals surface area contributed by atoms with Gasteiger partial charge in [-0.05, 0) is 50.4 Å². The third-order valence-corrected chi connectivity index (χ3v) is 23.1. The summed E-state index contributed by atoms with van der Waals surface area (Å²) in [6.07, 6.45) is 3.30. The number of rotatable bonds is 32. The number of cyclic esters (lactones) is 2. The van der Waals surface area contributed by atoms with Crippen LogP contribution in [0.3, 0.4) is 0 Å². The van der Waals surface area contributed by atoms with E-state index in [-0.39, 0.29) is 98.8 Å². The first kappa shape index (κ1) is 97.7. The van der Waals surface area contributed by atoms with Gasteiger partial charge < -0.3 is 97.3 Å². The van der Waals surface area contributed by atoms with E-state index in [1.54, 1.807) is 69.2 Å². The second-order valence-electron chi connectivity index (χ2n) is 31.5. The second-order valence-corrected chi connectivity index (χ2v) is 31.5. The highest BCUT2D eigenvalue weighted by atomic mass is 16.6. The molecule has 3 heterocycles. The van der Waals surface area contributed by atoms with Gasteiger partial charge in [-0.15, -0.1) is 0 Å². The SMILES string of the molecule is CO[C@@H]1C[C@H](O)CC(=O)O[C@H]([C@H](C)[C@H](OC)[C@H](C)CCC(=O)[C@H](C)[C@H](OC)[C@@H](C)/C=C\N(C)C=O)C[C@@H](O)C[C@H](O)[C@H](C)[C@H](OC)C[C@H]2CC=C[C@@H](C[C@H](OC)C[C@H](O)CC(=O)O[C@H]([C@H](C)[C@H](OC)[C@H](C)CCC(=O)[C@H](C)[C@H](OC)[C@@H](C)/C=C\N(C)C=O)C[C@@H](O)C[C@H](O)[C@H](C)[C@@H](OC)C[C@H]3CC=C[C@@H](C1)O3)O2. The van der Waals surface area contributed by atoms with E-state index in [0.29, 0.717) is 64.2 Å². The van der Waals surface area contributed by atoms with Crippen LogP contribution in [-0.2, 0) is 85.6 Å². The van der Waals surface area contributed by atoms with Crippen molar-refractivity contribution >= 4 is 36.3 Å². The van der Waals surface area contributed by atoms with Crippen molar-refractivity contribution in [3.8, 4) is 0 Å². The summed E-state index contributed by atoms with van der Waals surface area (Å²) in [5.41, 5.74) is 0. The number of esters is 2. The predicted octanol–water partition coefficient (Wildman–Crippen LogP) is 8.48. The van der Waals surface area contributed by atoms with Crippen LogP contribution in [0.15, 0.2) is 48.9 Å². The Morgan fingerprint density at radius 1 is 0.481 bits per heavy atom. The van der Waals surface area contributed by atoms with Gasteiger partial charge in [-0.2, -0.15) is 0 Å². The molecule has 26 heteroatoms. The Balaban J connectivity index is 1.98. The smallest absolute Gasteiger partial charge is 0.308 e. The summed E-state index contributed by atoms with van der Waals surface area (Å²) in [6.45, 7) is 18.7. The molecule has 26 nitrogen and oxygen atoms in total. The molecule has 1 fully saturated rings. The molecule has 2 amide bonds. The maximum atomic E-state index is 14.2. The van der Waals surface area contributed by atoms with Crippen molar-refractivity contribution in [3.05, 3.63) is 48.9 Å². The van der Waals surface area contributed by atoms with Gasteiger partial charge in [0.1, 0.15) is 23.8 Å². The number of ether oxygens (including phenoxy) is 12. The first-order chi connectivity index (χ1) is 51.2. The van der Waals surface area contributed by atoms with E-state index < -0.39 is 170 Å². The zero-order valence-corrected chi connectivity index (χ0v) is 68.7. The van der Waals surface area contributed by atoms with E-state index in [2.05, 4.69) is 0 Å². The van der Waals surface area contributed by atoms with Crippen molar-refractivity contribution in [2.75, 3.05) is 71.0 Å². The number of carbonyl (C=O) groups is 6. The summed E-state index contributed by atoms with van der Waals surface area (Å²) in [4.78, 5) is 81.3. The highest BCUT2D eigenvalue weighted by molar-refractivity contribution is 5.81. The van der Waals surface area contributed by atoms with Crippen LogP contribution in [0, 0.1) is 59.2 Å². The van der Waals surface area contributed by atoms with Crippen molar-refractivity contribution in [3.63, 3.8) is 0 Å². The molecule has 0 spiro atoms. The van der Waals surface area contributed by atoms with Gasteiger partial charge in [-0.25, -0.2) is 0 Å². The van der Waals surface area contributed by atoms with Gasteiger partial charge in [0, 0.05) is 195 Å². The number of hydrogen-bond donors (Lipinski definition) is 6. The number of fused-ring (bicyclic) bond motifs is 4. The highest BCUT2D eigenvalue weighted by Crippen LogP contribution is 2.36. The number of aliphatic hydroxyl groups is 6. The summed E-state index contributed by atoms with van der Waals surface area (Å²) in [5, 5.41) is 71.0. The molecule has 0 aromatic carbocycles. The molecule has 0 unspecified atom stereocenters. The fourth-order valence-corrected chi connectivity index (χ4v) is 16.1. The van der Waals surface area contributed by atoms with Crippen LogP contribution in [-0.4, -0.2) is 270 Å². The number of carbonyl (C=O) groups excluding carboxylic acids is 6. The Morgan fingerprint density at radius 3 is 1.13 bits per heavy atom. The van der Waals surface area contributed by atoms with Gasteiger partial charge in [-0.3, -0.25) is 28.8 Å². The molecule has 624 valence electrons. The van der Waals surface area contributed by atoms with E-state index >= 15 is 0 Å². The lowest BCUT2D eigenvalue weighted by molar-refractivity contribution is -0.162. The van der Waals surface area contributed by atoms with Crippen LogP contribution in [0.2, 0.25) is 0 Å². The summed E-state index contributed by atoms with van der Waals surface area (Å²) >= 11 is 0. The van der Waals surface area contributed by atoms with E-state index in [4.69, 9.17) is 56.8 Å². The highest BCUT2D eigenvalue weighted by Gasteiger charge is 2.41. The third kappa shape index (κ3) is 33.3. The van der Waals surface area contributed by atoms with Crippen LogP contribution in [0.5, 0.6) is 0 Å². The number of Topliss-reactive ketones (excluding diaryl/α,β-unsaturated/α-hetero) is 2. The first-order valence-electron chi connectivity index (χ1n) is 39.3. The van der Waals surface area contributed by atoms with Gasteiger partial charge in [0.2, 0.25) is 12.8 Å². The van der Waals surface area contributed by atoms with E-state index in [0.717, 1.165) is 0 Å². The van der Waals surface area contributed by atoms with Crippen molar-refractivity contribution in [2.24, 2.45) is 59.2 Å². The summed E-state index contributed by atoms with van der Waals surface area (Å²) in [5.74, 6) is -5.63. The first-order valence-corrected chi connectivity index (χ1v) is 39.3. The molecule has 1 saturated heterocycles. The Kier molecular flexibility index (Phi) is 46.4. The van der Waals surface area contributed by atoms with E-state index in [9.17, 15) is 59.4 Å². The number of aliphatic hydroxyl groups excluding tert-OH is 6. The number of methoxy groups -OCH3 is 8. The number of amides is 2. The van der Waals surface area contributed by atoms with E-state index in [1.165, 1.54) is 24.0 Å². The average Bonchev–Trinajstić information content (AvgIpc) is 0.854. The summed E-state index contributed by atoms with van der Waals surface area (Å²) in [7, 11) is 15.5. The predicted molar refractivity (Wildman–Crippen MR) is 408 cm³/mol. The van der Waals surface area contributed by atoms with Gasteiger partial charge in [-0.1, -0.05) is 106 Å². The Morgan fingerprint density at radius 2 is 0.824 bits per heavy atom. The molecule has 0 aromatic heterocycles. The van der Waals surface area contributed by atoms with Gasteiger partial charge in [0.05, 0.1) is 123 Å². The topological polar surface area (TPSA) is 341 Å². The van der Waals surface area contributed by atoms with Crippen LogP contribution < -0.4 is 0 Å². The Hall–Kier alpha value is -4.46. The number of ketones is 2. The Bertz CT molecular complexity index is 2510. The van der Waals surface area contributed by atoms with Crippen LogP contribution >= 0.6 is 0 Å². The second kappa shape index (κ2) is 51.3. The summed E-state index contributed by atoms with van der Waals surface area (Å²) in [6, 6.07) is 0. The Labute approximate surface area is 645 Å². The molecule has 0 saturated carbocycles. The van der Waals surface area contributed by atoms with Gasteiger partial charge in [0.15, 0.2) is 0 Å². The molecular weight excluding hydrogens is 1400 g/mol. The van der Waals surface area contributed by atoms with Gasteiger partial charge >= 0.3 is 11.9 Å². The van der Waals surface area contributed by atoms with Crippen LogP contribution in [0.25, 0.3) is 0 Å². The standard InChI is InChI=1S/C82H142N2O24/c1-49(27-29-69(91)55(7)79(101-17)51(3)31-33-83(11)47-85)81(103-19)57(9)75-39-61(89)37-71(93)53(5)73(99-15)45-65-25-22-24-64(106-65)44-68(98-14)36-60(88)42-78(96)108-76(58(10)82(104-20)50(2)28-30-70(92)56(8)80(102-18)52(4)32-34-84(12)48-86)40-62(90)38-72(94)54(6)74(100-16)46-66-26-21-23-63(105-66)43-67(97-13)35-59(87)41-77(95)107-75/h21-24,31-34,47-68,71-76,79-82,87-90,93-94H,25-30,35-46H2,1-20H3/b33-31-,34-32-/t49-,50-,51+,52+,53+,54+,55+,56+,57+,58+,59+,60+,61+,62+,63+,64+,65-,66-,67-,68-,71+,72+,73-,74+,75+,76+,79-,80-,81-,82-/m1/s1. The van der Waals surface area contributed by atoms with Crippen molar-refractivity contribution in [1.29, 1.82) is 0 Å². The molecule has 3 rings (SSSR count). The quantitative estimate of drug-likeness (QED) is 0.0209. The molecule has 0 aliphatic carbocycles. The molecule has 6 N–H and O–H groups in total. The normalized spacial score (nSPS) is 32.7. The maximum absolute atomic E-state index is 14.2. The van der Waals surface area contributed by atoms with Gasteiger partial charge in [0.25, 0.3) is 0 Å². The lowest BCUT2D eigenvalue weighted by atomic mass is 9.82. The maximum Gasteiger partial charge on any atom is 0.308 e. The minimum atomic E-state index is -1.23. The average molecular weight is 1540 g/mol. The molecule has 108 heavy (non-hydrogen) atoms. The van der Waals surface area contributed by atoms with Crippen molar-refractivity contribution in [1.82, 2.24) is 9.80 Å². The number of nitrogens with zero attached hydrogens (tertiary/aromatic N) is 2.